The van der Waals surface area contributed by atoms with Gasteiger partial charge in [-0.3, -0.25) is 0 Å². The zero-order chi connectivity index (χ0) is 39.1. The Labute approximate surface area is 346 Å². The van der Waals surface area contributed by atoms with Crippen molar-refractivity contribution in [2.75, 3.05) is 9.80 Å². The lowest BCUT2D eigenvalue weighted by Gasteiger charge is -2.32. The van der Waals surface area contributed by atoms with Gasteiger partial charge in [-0.1, -0.05) is 97.1 Å². The van der Waals surface area contributed by atoms with E-state index in [0.29, 0.717) is 0 Å². The Morgan fingerprint density at radius 1 is 0.305 bits per heavy atom. The molecule has 59 heavy (non-hydrogen) atoms. The molecule has 8 aromatic carbocycles. The first-order valence-electron chi connectivity index (χ1n) is 21.4. The normalized spacial score (nSPS) is 13.6. The first kappa shape index (κ1) is 35.3. The first-order chi connectivity index (χ1) is 29.3. The molecular weight excluding hydrogens is 717 g/mol. The summed E-state index contributed by atoms with van der Waals surface area (Å²) in [5.41, 5.74) is 20.6. The summed E-state index contributed by atoms with van der Waals surface area (Å²) in [6, 6.07) is 65.8. The molecule has 0 N–H and O–H groups in total. The van der Waals surface area contributed by atoms with Gasteiger partial charge < -0.3 is 14.2 Å². The fraction of sp³-hybridized carbons (Fsp3) is 0.143. The smallest absolute Gasteiger partial charge is 0.137 e. The quantitative estimate of drug-likeness (QED) is 0.154. The topological polar surface area (TPSA) is 19.6 Å². The van der Waals surface area contributed by atoms with Gasteiger partial charge in [-0.05, 0) is 175 Å². The number of rotatable bonds is 8. The highest BCUT2D eigenvalue weighted by molar-refractivity contribution is 6.06. The van der Waals surface area contributed by atoms with Crippen molar-refractivity contribution in [2.45, 2.75) is 51.4 Å². The van der Waals surface area contributed by atoms with Crippen LogP contribution in [0.3, 0.4) is 0 Å². The van der Waals surface area contributed by atoms with E-state index in [2.05, 4.69) is 180 Å². The zero-order valence-electron chi connectivity index (χ0n) is 33.3. The zero-order valence-corrected chi connectivity index (χ0v) is 33.3. The Hall–Kier alpha value is -6.84. The van der Waals surface area contributed by atoms with E-state index in [9.17, 15) is 0 Å². The van der Waals surface area contributed by atoms with Crippen molar-refractivity contribution in [3.63, 3.8) is 0 Å². The second kappa shape index (κ2) is 15.2. The highest BCUT2D eigenvalue weighted by atomic mass is 16.3. The van der Waals surface area contributed by atoms with Crippen LogP contribution in [-0.2, 0) is 25.7 Å². The maximum Gasteiger partial charge on any atom is 0.137 e. The minimum Gasteiger partial charge on any atom is -0.456 e. The molecular formula is C56H46N2O. The van der Waals surface area contributed by atoms with Crippen LogP contribution < -0.4 is 9.80 Å². The number of anilines is 6. The number of benzene rings is 8. The number of fused-ring (bicyclic) bond motifs is 5. The Balaban J connectivity index is 0.983. The first-order valence-corrected chi connectivity index (χ1v) is 21.4. The molecule has 0 bridgehead atoms. The molecule has 1 heterocycles. The molecule has 0 unspecified atom stereocenters. The van der Waals surface area contributed by atoms with Crippen LogP contribution in [0.15, 0.2) is 186 Å². The van der Waals surface area contributed by atoms with E-state index in [1.807, 2.05) is 12.1 Å². The summed E-state index contributed by atoms with van der Waals surface area (Å²) in [6.45, 7) is 0. The Bertz CT molecular complexity index is 2880. The molecule has 3 nitrogen and oxygen atoms in total. The van der Waals surface area contributed by atoms with Gasteiger partial charge in [0.1, 0.15) is 11.2 Å². The molecule has 0 saturated heterocycles. The average molecular weight is 763 g/mol. The van der Waals surface area contributed by atoms with E-state index < -0.39 is 0 Å². The monoisotopic (exact) mass is 762 g/mol. The average Bonchev–Trinajstić information content (AvgIpc) is 3.68. The second-order valence-corrected chi connectivity index (χ2v) is 16.1. The molecule has 0 atom stereocenters. The third kappa shape index (κ3) is 6.38. The Morgan fingerprint density at radius 3 is 1.20 bits per heavy atom. The molecule has 9 aromatic rings. The van der Waals surface area contributed by atoms with Gasteiger partial charge in [0, 0.05) is 51.0 Å². The minimum absolute atomic E-state index is 0.883. The van der Waals surface area contributed by atoms with Gasteiger partial charge in [0.05, 0.1) is 0 Å². The van der Waals surface area contributed by atoms with Crippen molar-refractivity contribution in [2.24, 2.45) is 0 Å². The fourth-order valence-electron chi connectivity index (χ4n) is 10.0. The number of para-hydroxylation sites is 3. The molecule has 0 saturated carbocycles. The van der Waals surface area contributed by atoms with Gasteiger partial charge >= 0.3 is 0 Å². The van der Waals surface area contributed by atoms with Crippen LogP contribution >= 0.6 is 0 Å². The predicted molar refractivity (Wildman–Crippen MR) is 247 cm³/mol. The van der Waals surface area contributed by atoms with Crippen LogP contribution in [0.25, 0.3) is 44.2 Å². The fourth-order valence-corrected chi connectivity index (χ4v) is 10.0. The Kier molecular flexibility index (Phi) is 9.08. The molecule has 286 valence electrons. The largest absolute Gasteiger partial charge is 0.456 e. The Morgan fingerprint density at radius 2 is 0.678 bits per heavy atom. The number of hydrogen-bond acceptors (Lipinski definition) is 3. The molecule has 0 aliphatic heterocycles. The van der Waals surface area contributed by atoms with Crippen LogP contribution in [0.5, 0.6) is 0 Å². The summed E-state index contributed by atoms with van der Waals surface area (Å²) in [5, 5.41) is 2.26. The highest BCUT2D eigenvalue weighted by Crippen LogP contribution is 2.47. The number of hydrogen-bond donors (Lipinski definition) is 0. The number of nitrogens with zero attached hydrogens (tertiary/aromatic N) is 2. The molecule has 11 rings (SSSR count). The summed E-state index contributed by atoms with van der Waals surface area (Å²) < 4.78 is 6.34. The molecule has 0 fully saturated rings. The predicted octanol–water partition coefficient (Wildman–Crippen LogP) is 15.6. The maximum atomic E-state index is 6.34. The van der Waals surface area contributed by atoms with Crippen LogP contribution in [0.4, 0.5) is 34.1 Å². The molecule has 2 aliphatic carbocycles. The van der Waals surface area contributed by atoms with E-state index in [1.54, 1.807) is 27.8 Å². The van der Waals surface area contributed by atoms with Crippen molar-refractivity contribution in [3.8, 4) is 22.3 Å². The molecule has 0 spiro atoms. The van der Waals surface area contributed by atoms with E-state index in [-0.39, 0.29) is 0 Å². The lowest BCUT2D eigenvalue weighted by Crippen LogP contribution is -2.15. The molecule has 3 heteroatoms. The lowest BCUT2D eigenvalue weighted by atomic mass is 9.73. The van der Waals surface area contributed by atoms with Gasteiger partial charge in [-0.15, -0.1) is 0 Å². The van der Waals surface area contributed by atoms with Gasteiger partial charge in [-0.2, -0.15) is 0 Å². The van der Waals surface area contributed by atoms with Crippen molar-refractivity contribution >= 4 is 56.1 Å². The second-order valence-electron chi connectivity index (χ2n) is 16.1. The van der Waals surface area contributed by atoms with Gasteiger partial charge in [-0.25, -0.2) is 0 Å². The summed E-state index contributed by atoms with van der Waals surface area (Å²) in [6.07, 6.45) is 9.74. The van der Waals surface area contributed by atoms with Crippen molar-refractivity contribution in [1.29, 1.82) is 0 Å². The van der Waals surface area contributed by atoms with Gasteiger partial charge in [0.15, 0.2) is 0 Å². The maximum absolute atomic E-state index is 6.34. The van der Waals surface area contributed by atoms with Crippen molar-refractivity contribution in [3.05, 3.63) is 204 Å². The number of furan rings is 1. The van der Waals surface area contributed by atoms with Crippen LogP contribution in [0, 0.1) is 0 Å². The molecule has 1 aromatic heterocycles. The van der Waals surface area contributed by atoms with Crippen LogP contribution in [-0.4, -0.2) is 0 Å². The molecule has 2 aliphatic rings. The van der Waals surface area contributed by atoms with E-state index in [0.717, 1.165) is 68.9 Å². The summed E-state index contributed by atoms with van der Waals surface area (Å²) >= 11 is 0. The standard InChI is InChI=1S/C56H46N2O/c1-4-16-39(17-5-1)55-49-23-10-12-25-51(49)56(52-26-13-11-24-50(52)55)40-28-30-43(31-29-40)57(41-18-6-2-7-19-41)44-32-34-45(35-33-44)58(42-20-8-3-9-21-42)46-36-37-48-47-22-14-15-27-53(47)59-54(48)38-46/h1-9,14-22,27-38H,10-13,23-26H2. The van der Waals surface area contributed by atoms with E-state index >= 15 is 0 Å². The highest BCUT2D eigenvalue weighted by Gasteiger charge is 2.28. The van der Waals surface area contributed by atoms with Gasteiger partial charge in [0.25, 0.3) is 0 Å². The van der Waals surface area contributed by atoms with E-state index in [1.165, 1.54) is 55.2 Å². The SMILES string of the molecule is c1ccc(-c2c3c(c(-c4ccc(N(c5ccccc5)c5ccc(N(c6ccccc6)c6ccc7c(c6)oc6ccccc67)cc5)cc4)c4c2CCCC4)CCCC3)cc1. The summed E-state index contributed by atoms with van der Waals surface area (Å²) in [4.78, 5) is 4.69. The molecule has 0 radical (unpaired) electrons. The van der Waals surface area contributed by atoms with Crippen molar-refractivity contribution in [1.82, 2.24) is 0 Å². The third-order valence-electron chi connectivity index (χ3n) is 12.6. The van der Waals surface area contributed by atoms with Crippen LogP contribution in [0.2, 0.25) is 0 Å². The molecule has 0 amide bonds. The lowest BCUT2D eigenvalue weighted by molar-refractivity contribution is 0.662. The van der Waals surface area contributed by atoms with Crippen molar-refractivity contribution < 1.29 is 4.42 Å². The van der Waals surface area contributed by atoms with Crippen LogP contribution in [0.1, 0.15) is 47.9 Å². The summed E-state index contributed by atoms with van der Waals surface area (Å²) in [5.74, 6) is 0. The van der Waals surface area contributed by atoms with Gasteiger partial charge in [0.2, 0.25) is 0 Å². The summed E-state index contributed by atoms with van der Waals surface area (Å²) in [7, 11) is 0. The third-order valence-corrected chi connectivity index (χ3v) is 12.6. The van der Waals surface area contributed by atoms with E-state index in [4.69, 9.17) is 4.42 Å². The minimum atomic E-state index is 0.883.